The van der Waals surface area contributed by atoms with Crippen molar-refractivity contribution in [3.8, 4) is 11.5 Å². The number of unbranched alkanes of at least 4 members (excludes halogenated alkanes) is 4. The maximum absolute atomic E-state index is 11.9. The summed E-state index contributed by atoms with van der Waals surface area (Å²) in [6, 6.07) is 4.88. The lowest BCUT2D eigenvalue weighted by molar-refractivity contribution is -0.116. The van der Waals surface area contributed by atoms with E-state index < -0.39 is 6.10 Å². The number of hydrogen-bond donors (Lipinski definition) is 2. The smallest absolute Gasteiger partial charge is 0.161 e. The van der Waals surface area contributed by atoms with E-state index in [0.717, 1.165) is 18.4 Å². The number of hydrogen-bond acceptors (Lipinski definition) is 4. The molecule has 1 aromatic rings. The predicted molar refractivity (Wildman–Crippen MR) is 92.7 cm³/mol. The third kappa shape index (κ3) is 7.84. The van der Waals surface area contributed by atoms with Gasteiger partial charge in [0.2, 0.25) is 0 Å². The van der Waals surface area contributed by atoms with Gasteiger partial charge < -0.3 is 14.9 Å². The first kappa shape index (κ1) is 19.2. The van der Waals surface area contributed by atoms with Gasteiger partial charge in [-0.05, 0) is 30.2 Å². The molecule has 4 nitrogen and oxygen atoms in total. The number of allylic oxidation sites excluding steroid dienone is 1. The minimum Gasteiger partial charge on any atom is -0.504 e. The van der Waals surface area contributed by atoms with Crippen LogP contribution in [0.15, 0.2) is 24.3 Å². The zero-order valence-electron chi connectivity index (χ0n) is 14.1. The average molecular weight is 320 g/mol. The van der Waals surface area contributed by atoms with E-state index in [-0.39, 0.29) is 18.0 Å². The third-order valence-corrected chi connectivity index (χ3v) is 3.74. The molecule has 1 aromatic carbocycles. The molecule has 0 fully saturated rings. The Balaban J connectivity index is 2.37. The highest BCUT2D eigenvalue weighted by atomic mass is 16.5. The molecular formula is C19H28O4. The van der Waals surface area contributed by atoms with Gasteiger partial charge in [0.15, 0.2) is 17.3 Å². The maximum atomic E-state index is 11.9. The van der Waals surface area contributed by atoms with Crippen LogP contribution in [-0.4, -0.2) is 29.2 Å². The number of methoxy groups -OCH3 is 1. The van der Waals surface area contributed by atoms with E-state index in [9.17, 15) is 15.0 Å². The van der Waals surface area contributed by atoms with Crippen molar-refractivity contribution in [1.29, 1.82) is 0 Å². The minimum absolute atomic E-state index is 0.0643. The van der Waals surface area contributed by atoms with E-state index in [4.69, 9.17) is 4.74 Å². The molecule has 1 rings (SSSR count). The van der Waals surface area contributed by atoms with Gasteiger partial charge in [-0.1, -0.05) is 51.2 Å². The number of phenols is 1. The normalized spacial score (nSPS) is 12.5. The van der Waals surface area contributed by atoms with E-state index in [1.807, 2.05) is 0 Å². The van der Waals surface area contributed by atoms with Gasteiger partial charge in [-0.25, -0.2) is 0 Å². The molecule has 0 aliphatic heterocycles. The summed E-state index contributed by atoms with van der Waals surface area (Å²) in [5.74, 6) is 0.333. The topological polar surface area (TPSA) is 66.8 Å². The number of aliphatic hydroxyl groups excluding tert-OH is 1. The second-order valence-electron chi connectivity index (χ2n) is 5.79. The third-order valence-electron chi connectivity index (χ3n) is 3.74. The second-order valence-corrected chi connectivity index (χ2v) is 5.79. The number of carbonyl (C=O) groups excluding carboxylic acids is 1. The minimum atomic E-state index is -0.567. The van der Waals surface area contributed by atoms with Crippen LogP contribution in [0.25, 0.3) is 6.08 Å². The van der Waals surface area contributed by atoms with Crippen molar-refractivity contribution in [2.24, 2.45) is 0 Å². The summed E-state index contributed by atoms with van der Waals surface area (Å²) < 4.78 is 5.02. The van der Waals surface area contributed by atoms with Gasteiger partial charge in [0.25, 0.3) is 0 Å². The van der Waals surface area contributed by atoms with Gasteiger partial charge in [-0.2, -0.15) is 0 Å². The molecule has 0 aliphatic rings. The largest absolute Gasteiger partial charge is 0.504 e. The molecule has 0 heterocycles. The zero-order valence-corrected chi connectivity index (χ0v) is 14.1. The molecule has 0 aromatic heterocycles. The number of phenolic OH excluding ortho intramolecular Hbond substituents is 1. The molecule has 0 saturated carbocycles. The highest BCUT2D eigenvalue weighted by Crippen LogP contribution is 2.26. The van der Waals surface area contributed by atoms with Crippen molar-refractivity contribution in [3.63, 3.8) is 0 Å². The van der Waals surface area contributed by atoms with Crippen LogP contribution in [0.5, 0.6) is 11.5 Å². The Morgan fingerprint density at radius 2 is 2.00 bits per heavy atom. The van der Waals surface area contributed by atoms with Crippen molar-refractivity contribution in [3.05, 3.63) is 29.8 Å². The predicted octanol–water partition coefficient (Wildman–Crippen LogP) is 4.09. The fourth-order valence-electron chi connectivity index (χ4n) is 2.37. The average Bonchev–Trinajstić information content (AvgIpc) is 2.54. The van der Waals surface area contributed by atoms with Gasteiger partial charge in [-0.15, -0.1) is 0 Å². The lowest BCUT2D eigenvalue weighted by Crippen LogP contribution is -2.11. The van der Waals surface area contributed by atoms with Crippen LogP contribution in [0, 0.1) is 0 Å². The van der Waals surface area contributed by atoms with Gasteiger partial charge in [-0.3, -0.25) is 4.79 Å². The van der Waals surface area contributed by atoms with Crippen LogP contribution < -0.4 is 4.74 Å². The first-order valence-corrected chi connectivity index (χ1v) is 8.32. The molecule has 0 bridgehead atoms. The van der Waals surface area contributed by atoms with Crippen LogP contribution in [0.4, 0.5) is 0 Å². The Bertz CT molecular complexity index is 508. The molecule has 0 saturated heterocycles. The van der Waals surface area contributed by atoms with Crippen molar-refractivity contribution >= 4 is 11.9 Å². The summed E-state index contributed by atoms with van der Waals surface area (Å²) in [4.78, 5) is 11.9. The Labute approximate surface area is 138 Å². The van der Waals surface area contributed by atoms with Crippen LogP contribution in [0.1, 0.15) is 57.4 Å². The molecule has 23 heavy (non-hydrogen) atoms. The number of aliphatic hydroxyl groups is 1. The number of benzene rings is 1. The summed E-state index contributed by atoms with van der Waals surface area (Å²) in [5.41, 5.74) is 0.766. The van der Waals surface area contributed by atoms with Crippen molar-refractivity contribution in [2.75, 3.05) is 7.11 Å². The number of ketones is 1. The van der Waals surface area contributed by atoms with Gasteiger partial charge in [0.05, 0.1) is 13.2 Å². The fraction of sp³-hybridized carbons (Fsp3) is 0.526. The van der Waals surface area contributed by atoms with E-state index >= 15 is 0 Å². The summed E-state index contributed by atoms with van der Waals surface area (Å²) in [6.07, 6.45) is 9.10. The van der Waals surface area contributed by atoms with Gasteiger partial charge in [0, 0.05) is 6.42 Å². The molecule has 1 atom stereocenters. The maximum Gasteiger partial charge on any atom is 0.161 e. The van der Waals surface area contributed by atoms with Crippen molar-refractivity contribution in [2.45, 2.75) is 58.0 Å². The number of carbonyl (C=O) groups is 1. The van der Waals surface area contributed by atoms with Crippen LogP contribution in [-0.2, 0) is 4.79 Å². The second kappa shape index (κ2) is 10.8. The highest BCUT2D eigenvalue weighted by molar-refractivity contribution is 5.93. The van der Waals surface area contributed by atoms with Crippen LogP contribution in [0.3, 0.4) is 0 Å². The quantitative estimate of drug-likeness (QED) is 0.476. The number of aromatic hydroxyl groups is 1. The van der Waals surface area contributed by atoms with Crippen molar-refractivity contribution in [1.82, 2.24) is 0 Å². The molecule has 0 radical (unpaired) electrons. The highest BCUT2D eigenvalue weighted by Gasteiger charge is 2.08. The first-order chi connectivity index (χ1) is 11.1. The molecule has 0 unspecified atom stereocenters. The Morgan fingerprint density at radius 1 is 1.26 bits per heavy atom. The van der Waals surface area contributed by atoms with Crippen LogP contribution >= 0.6 is 0 Å². The fourth-order valence-corrected chi connectivity index (χ4v) is 2.37. The van der Waals surface area contributed by atoms with Gasteiger partial charge >= 0.3 is 0 Å². The SMILES string of the molecule is CCCCCCC[C@@H](O)CC(=O)/C=C/c1ccc(O)c(OC)c1. The lowest BCUT2D eigenvalue weighted by atomic mass is 10.0. The van der Waals surface area contributed by atoms with Crippen molar-refractivity contribution < 1.29 is 19.7 Å². The molecule has 0 spiro atoms. The standard InChI is InChI=1S/C19H28O4/c1-3-4-5-6-7-8-16(20)14-17(21)11-9-15-10-12-18(22)19(13-15)23-2/h9-13,16,20,22H,3-8,14H2,1-2H3/b11-9+/t16-/m1/s1. The summed E-state index contributed by atoms with van der Waals surface area (Å²) in [5, 5.41) is 19.4. The Morgan fingerprint density at radius 3 is 2.70 bits per heavy atom. The molecular weight excluding hydrogens is 292 g/mol. The van der Waals surface area contributed by atoms with E-state index in [1.54, 1.807) is 18.2 Å². The molecule has 128 valence electrons. The Hall–Kier alpha value is -1.81. The van der Waals surface area contributed by atoms with Crippen LogP contribution in [0.2, 0.25) is 0 Å². The zero-order chi connectivity index (χ0) is 17.1. The molecule has 2 N–H and O–H groups in total. The van der Waals surface area contributed by atoms with E-state index in [1.165, 1.54) is 38.5 Å². The number of ether oxygens (including phenoxy) is 1. The lowest BCUT2D eigenvalue weighted by Gasteiger charge is -2.08. The summed E-state index contributed by atoms with van der Waals surface area (Å²) in [7, 11) is 1.48. The van der Waals surface area contributed by atoms with E-state index in [2.05, 4.69) is 6.92 Å². The van der Waals surface area contributed by atoms with Gasteiger partial charge in [0.1, 0.15) is 0 Å². The molecule has 0 aliphatic carbocycles. The number of rotatable bonds is 11. The first-order valence-electron chi connectivity index (χ1n) is 8.32. The molecule has 0 amide bonds. The Kier molecular flexibility index (Phi) is 9.07. The monoisotopic (exact) mass is 320 g/mol. The summed E-state index contributed by atoms with van der Waals surface area (Å²) in [6.45, 7) is 2.17. The van der Waals surface area contributed by atoms with E-state index in [0.29, 0.717) is 12.2 Å². The molecule has 4 heteroatoms. The summed E-state index contributed by atoms with van der Waals surface area (Å²) >= 11 is 0.